The lowest BCUT2D eigenvalue weighted by molar-refractivity contribution is 0.0630. The fourth-order valence-corrected chi connectivity index (χ4v) is 4.90. The molecular weight excluding hydrogens is 392 g/mol. The van der Waals surface area contributed by atoms with Crippen LogP contribution in [-0.4, -0.2) is 51.4 Å². The molecule has 0 atom stereocenters. The maximum absolute atomic E-state index is 13.1. The molecule has 4 aromatic rings. The van der Waals surface area contributed by atoms with Crippen LogP contribution in [-0.2, 0) is 6.54 Å². The van der Waals surface area contributed by atoms with E-state index in [1.807, 2.05) is 48.2 Å². The van der Waals surface area contributed by atoms with E-state index in [2.05, 4.69) is 39.1 Å². The molecule has 1 aliphatic heterocycles. The summed E-state index contributed by atoms with van der Waals surface area (Å²) in [7, 11) is 0. The highest BCUT2D eigenvalue weighted by Crippen LogP contribution is 2.23. The molecule has 152 valence electrons. The van der Waals surface area contributed by atoms with Gasteiger partial charge in [-0.1, -0.05) is 24.3 Å². The minimum absolute atomic E-state index is 0.0968. The van der Waals surface area contributed by atoms with Crippen LogP contribution < -0.4 is 0 Å². The second-order valence-electron chi connectivity index (χ2n) is 7.68. The van der Waals surface area contributed by atoms with Gasteiger partial charge in [0.15, 0.2) is 0 Å². The lowest BCUT2D eigenvalue weighted by atomic mass is 10.1. The Labute approximate surface area is 180 Å². The number of rotatable bonds is 4. The molecule has 30 heavy (non-hydrogen) atoms. The number of para-hydroxylation sites is 1. The molecule has 1 amide bonds. The van der Waals surface area contributed by atoms with Gasteiger partial charge in [0.1, 0.15) is 5.82 Å². The predicted molar refractivity (Wildman–Crippen MR) is 121 cm³/mol. The summed E-state index contributed by atoms with van der Waals surface area (Å²) >= 11 is 1.79. The first kappa shape index (κ1) is 19.0. The largest absolute Gasteiger partial charge is 0.336 e. The van der Waals surface area contributed by atoms with Crippen molar-refractivity contribution in [1.82, 2.24) is 19.4 Å². The van der Waals surface area contributed by atoms with Gasteiger partial charge in [-0.05, 0) is 48.7 Å². The molecule has 6 heteroatoms. The summed E-state index contributed by atoms with van der Waals surface area (Å²) in [5.41, 5.74) is 3.68. The number of hydrogen-bond acceptors (Lipinski definition) is 4. The van der Waals surface area contributed by atoms with Crippen molar-refractivity contribution in [2.45, 2.75) is 13.5 Å². The number of hydrogen-bond donors (Lipinski definition) is 0. The first-order valence-corrected chi connectivity index (χ1v) is 11.2. The molecule has 5 rings (SSSR count). The zero-order valence-electron chi connectivity index (χ0n) is 17.0. The van der Waals surface area contributed by atoms with E-state index in [9.17, 15) is 4.79 Å². The summed E-state index contributed by atoms with van der Waals surface area (Å²) in [6, 6.07) is 20.4. The number of benzene rings is 2. The van der Waals surface area contributed by atoms with Crippen LogP contribution in [0.4, 0.5) is 0 Å². The van der Waals surface area contributed by atoms with E-state index in [0.29, 0.717) is 5.56 Å². The van der Waals surface area contributed by atoms with Crippen molar-refractivity contribution in [2.24, 2.45) is 0 Å². The van der Waals surface area contributed by atoms with Crippen molar-refractivity contribution >= 4 is 28.3 Å². The number of nitrogens with zero attached hydrogens (tertiary/aromatic N) is 4. The van der Waals surface area contributed by atoms with E-state index in [1.54, 1.807) is 11.3 Å². The smallest absolute Gasteiger partial charge is 0.254 e. The van der Waals surface area contributed by atoms with E-state index in [-0.39, 0.29) is 5.91 Å². The Hall–Kier alpha value is -2.96. The van der Waals surface area contributed by atoms with Crippen molar-refractivity contribution < 1.29 is 4.79 Å². The third kappa shape index (κ3) is 3.64. The average molecular weight is 417 g/mol. The SMILES string of the molecule is Cc1nc2cc(C(=O)N3CCN(Cc4cccs4)CC3)ccc2n1-c1ccccc1. The maximum Gasteiger partial charge on any atom is 0.254 e. The Morgan fingerprint density at radius 1 is 1.00 bits per heavy atom. The Bertz CT molecular complexity index is 1160. The van der Waals surface area contributed by atoms with Gasteiger partial charge in [0.2, 0.25) is 0 Å². The zero-order valence-corrected chi connectivity index (χ0v) is 17.8. The van der Waals surface area contributed by atoms with E-state index in [0.717, 1.165) is 55.3 Å². The topological polar surface area (TPSA) is 41.4 Å². The van der Waals surface area contributed by atoms with E-state index in [4.69, 9.17) is 4.98 Å². The van der Waals surface area contributed by atoms with E-state index in [1.165, 1.54) is 4.88 Å². The van der Waals surface area contributed by atoms with Gasteiger partial charge in [-0.2, -0.15) is 0 Å². The molecule has 0 bridgehead atoms. The van der Waals surface area contributed by atoms with Gasteiger partial charge in [0.05, 0.1) is 11.0 Å². The van der Waals surface area contributed by atoms with Crippen LogP contribution in [0, 0.1) is 6.92 Å². The maximum atomic E-state index is 13.1. The molecule has 2 aromatic heterocycles. The Balaban J connectivity index is 1.32. The number of thiophene rings is 1. The summed E-state index contributed by atoms with van der Waals surface area (Å²) in [4.78, 5) is 23.6. The van der Waals surface area contributed by atoms with Gasteiger partial charge in [-0.3, -0.25) is 14.3 Å². The predicted octanol–water partition coefficient (Wildman–Crippen LogP) is 4.35. The summed E-state index contributed by atoms with van der Waals surface area (Å²) in [5, 5.41) is 2.12. The van der Waals surface area contributed by atoms with Crippen molar-refractivity contribution in [3.05, 3.63) is 82.3 Å². The number of imidazole rings is 1. The van der Waals surface area contributed by atoms with Crippen LogP contribution in [0.5, 0.6) is 0 Å². The fourth-order valence-electron chi connectivity index (χ4n) is 4.15. The van der Waals surface area contributed by atoms with Gasteiger partial charge in [0.25, 0.3) is 5.91 Å². The van der Waals surface area contributed by atoms with Gasteiger partial charge >= 0.3 is 0 Å². The molecule has 0 unspecified atom stereocenters. The Kier molecular flexibility index (Phi) is 5.11. The standard InChI is InChI=1S/C24H24N4OS/c1-18-25-22-16-19(9-10-23(22)28(18)20-6-3-2-4-7-20)24(29)27-13-11-26(12-14-27)17-21-8-5-15-30-21/h2-10,15-16H,11-14,17H2,1H3. The number of amides is 1. The quantitative estimate of drug-likeness (QED) is 0.497. The molecule has 0 N–H and O–H groups in total. The zero-order chi connectivity index (χ0) is 20.5. The second-order valence-corrected chi connectivity index (χ2v) is 8.71. The van der Waals surface area contributed by atoms with Gasteiger partial charge < -0.3 is 4.90 Å². The molecule has 3 heterocycles. The van der Waals surface area contributed by atoms with Crippen LogP contribution in [0.1, 0.15) is 21.1 Å². The van der Waals surface area contributed by atoms with Gasteiger partial charge in [0, 0.05) is 48.9 Å². The summed E-state index contributed by atoms with van der Waals surface area (Å²) in [6.07, 6.45) is 0. The van der Waals surface area contributed by atoms with Crippen molar-refractivity contribution in [1.29, 1.82) is 0 Å². The number of carbonyl (C=O) groups is 1. The highest BCUT2D eigenvalue weighted by molar-refractivity contribution is 7.09. The summed E-state index contributed by atoms with van der Waals surface area (Å²) in [6.45, 7) is 6.32. The third-order valence-electron chi connectivity index (χ3n) is 5.70. The second kappa shape index (κ2) is 8.05. The number of carbonyl (C=O) groups excluding carboxylic acids is 1. The number of piperazine rings is 1. The lowest BCUT2D eigenvalue weighted by Gasteiger charge is -2.34. The molecule has 0 radical (unpaired) electrons. The molecule has 0 saturated carbocycles. The number of aryl methyl sites for hydroxylation is 1. The molecule has 5 nitrogen and oxygen atoms in total. The first-order valence-electron chi connectivity index (χ1n) is 10.3. The summed E-state index contributed by atoms with van der Waals surface area (Å²) < 4.78 is 2.13. The highest BCUT2D eigenvalue weighted by Gasteiger charge is 2.23. The fraction of sp³-hybridized carbons (Fsp3) is 0.250. The molecule has 0 spiro atoms. The summed E-state index contributed by atoms with van der Waals surface area (Å²) in [5.74, 6) is 1.02. The van der Waals surface area contributed by atoms with Gasteiger partial charge in [-0.15, -0.1) is 11.3 Å². The molecule has 1 fully saturated rings. The minimum atomic E-state index is 0.0968. The van der Waals surface area contributed by atoms with Gasteiger partial charge in [-0.25, -0.2) is 4.98 Å². The Morgan fingerprint density at radius 3 is 2.53 bits per heavy atom. The molecule has 2 aromatic carbocycles. The van der Waals surface area contributed by atoms with Crippen LogP contribution in [0.15, 0.2) is 66.0 Å². The number of aromatic nitrogens is 2. The first-order chi connectivity index (χ1) is 14.7. The third-order valence-corrected chi connectivity index (χ3v) is 6.56. The van der Waals surface area contributed by atoms with Crippen molar-refractivity contribution in [2.75, 3.05) is 26.2 Å². The van der Waals surface area contributed by atoms with Crippen LogP contribution in [0.2, 0.25) is 0 Å². The lowest BCUT2D eigenvalue weighted by Crippen LogP contribution is -2.48. The normalized spacial score (nSPS) is 15.0. The van der Waals surface area contributed by atoms with Crippen LogP contribution >= 0.6 is 11.3 Å². The Morgan fingerprint density at radius 2 is 1.80 bits per heavy atom. The molecule has 1 saturated heterocycles. The van der Waals surface area contributed by atoms with Crippen LogP contribution in [0.25, 0.3) is 16.7 Å². The van der Waals surface area contributed by atoms with E-state index < -0.39 is 0 Å². The van der Waals surface area contributed by atoms with E-state index >= 15 is 0 Å². The number of fused-ring (bicyclic) bond motifs is 1. The van der Waals surface area contributed by atoms with Crippen molar-refractivity contribution in [3.63, 3.8) is 0 Å². The van der Waals surface area contributed by atoms with Crippen molar-refractivity contribution in [3.8, 4) is 5.69 Å². The molecule has 1 aliphatic rings. The highest BCUT2D eigenvalue weighted by atomic mass is 32.1. The molecular formula is C24H24N4OS. The average Bonchev–Trinajstić information content (AvgIpc) is 3.40. The minimum Gasteiger partial charge on any atom is -0.336 e. The molecule has 0 aliphatic carbocycles. The monoisotopic (exact) mass is 416 g/mol. The van der Waals surface area contributed by atoms with Crippen LogP contribution in [0.3, 0.4) is 0 Å².